The molecule has 0 atom stereocenters. The molecule has 0 unspecified atom stereocenters. The SMILES string of the molecule is COc1ccc(NC(=O)c2cccn2-c2cnc(C)s2)cc1OC. The average molecular weight is 343 g/mol. The first-order chi connectivity index (χ1) is 11.6. The summed E-state index contributed by atoms with van der Waals surface area (Å²) in [6, 6.07) is 8.84. The van der Waals surface area contributed by atoms with E-state index in [4.69, 9.17) is 9.47 Å². The molecule has 0 aliphatic rings. The van der Waals surface area contributed by atoms with Gasteiger partial charge in [-0.2, -0.15) is 0 Å². The number of rotatable bonds is 5. The Hall–Kier alpha value is -2.80. The maximum absolute atomic E-state index is 12.6. The molecule has 0 fully saturated rings. The van der Waals surface area contributed by atoms with Gasteiger partial charge >= 0.3 is 0 Å². The number of methoxy groups -OCH3 is 2. The lowest BCUT2D eigenvalue weighted by atomic mass is 10.2. The Balaban J connectivity index is 1.85. The monoisotopic (exact) mass is 343 g/mol. The van der Waals surface area contributed by atoms with Crippen LogP contribution in [0.25, 0.3) is 5.00 Å². The molecule has 0 spiro atoms. The summed E-state index contributed by atoms with van der Waals surface area (Å²) in [6.07, 6.45) is 3.60. The van der Waals surface area contributed by atoms with E-state index in [0.717, 1.165) is 10.0 Å². The second kappa shape index (κ2) is 6.76. The Labute approximate surface area is 143 Å². The molecule has 0 aliphatic carbocycles. The number of carbonyl (C=O) groups excluding carboxylic acids is 1. The van der Waals surface area contributed by atoms with Crippen LogP contribution in [0.5, 0.6) is 11.5 Å². The van der Waals surface area contributed by atoms with Gasteiger partial charge in [-0.3, -0.25) is 4.79 Å². The maximum Gasteiger partial charge on any atom is 0.272 e. The molecule has 1 amide bonds. The predicted octanol–water partition coefficient (Wildman–Crippen LogP) is 3.51. The molecule has 6 nitrogen and oxygen atoms in total. The van der Waals surface area contributed by atoms with Gasteiger partial charge in [-0.15, -0.1) is 11.3 Å². The lowest BCUT2D eigenvalue weighted by molar-refractivity contribution is 0.102. The first-order valence-electron chi connectivity index (χ1n) is 7.26. The van der Waals surface area contributed by atoms with Crippen LogP contribution in [0.4, 0.5) is 5.69 Å². The minimum absolute atomic E-state index is 0.210. The van der Waals surface area contributed by atoms with Gasteiger partial charge in [0.1, 0.15) is 10.7 Å². The van der Waals surface area contributed by atoms with Crippen LogP contribution in [-0.2, 0) is 0 Å². The normalized spacial score (nSPS) is 10.5. The molecule has 7 heteroatoms. The summed E-state index contributed by atoms with van der Waals surface area (Å²) in [5.41, 5.74) is 1.17. The van der Waals surface area contributed by atoms with Gasteiger partial charge in [0.05, 0.1) is 25.4 Å². The minimum Gasteiger partial charge on any atom is -0.493 e. The van der Waals surface area contributed by atoms with Crippen molar-refractivity contribution in [2.75, 3.05) is 19.5 Å². The summed E-state index contributed by atoms with van der Waals surface area (Å²) in [5.74, 6) is 0.959. The second-order valence-electron chi connectivity index (χ2n) is 5.00. The number of amides is 1. The Morgan fingerprint density at radius 1 is 1.21 bits per heavy atom. The standard InChI is InChI=1S/C17H17N3O3S/c1-11-18-10-16(24-11)20-8-4-5-13(20)17(21)19-12-6-7-14(22-2)15(9-12)23-3/h4-10H,1-3H3,(H,19,21). The van der Waals surface area contributed by atoms with Crippen LogP contribution in [0.3, 0.4) is 0 Å². The first kappa shape index (κ1) is 16.1. The number of nitrogens with zero attached hydrogens (tertiary/aromatic N) is 2. The Morgan fingerprint density at radius 3 is 2.67 bits per heavy atom. The Bertz CT molecular complexity index is 870. The van der Waals surface area contributed by atoms with Crippen molar-refractivity contribution in [3.05, 3.63) is 53.4 Å². The zero-order valence-corrected chi connectivity index (χ0v) is 14.4. The number of benzene rings is 1. The zero-order chi connectivity index (χ0) is 17.1. The van der Waals surface area contributed by atoms with Crippen LogP contribution in [0.2, 0.25) is 0 Å². The average Bonchev–Trinajstić information content (AvgIpc) is 3.23. The molecule has 0 bridgehead atoms. The maximum atomic E-state index is 12.6. The number of ether oxygens (including phenoxy) is 2. The molecular weight excluding hydrogens is 326 g/mol. The van der Waals surface area contributed by atoms with Gasteiger partial charge in [0.2, 0.25) is 0 Å². The van der Waals surface area contributed by atoms with Gasteiger partial charge < -0.3 is 19.4 Å². The third-order valence-corrected chi connectivity index (χ3v) is 4.38. The number of carbonyl (C=O) groups is 1. The number of aromatic nitrogens is 2. The lowest BCUT2D eigenvalue weighted by Crippen LogP contribution is -2.15. The fraction of sp³-hybridized carbons (Fsp3) is 0.176. The van der Waals surface area contributed by atoms with Crippen LogP contribution in [0, 0.1) is 6.92 Å². The first-order valence-corrected chi connectivity index (χ1v) is 8.07. The van der Waals surface area contributed by atoms with Crippen molar-refractivity contribution >= 4 is 22.9 Å². The highest BCUT2D eigenvalue weighted by Crippen LogP contribution is 2.30. The predicted molar refractivity (Wildman–Crippen MR) is 93.7 cm³/mol. The van der Waals surface area contributed by atoms with Crippen molar-refractivity contribution in [2.45, 2.75) is 6.92 Å². The van der Waals surface area contributed by atoms with Crippen LogP contribution < -0.4 is 14.8 Å². The number of hydrogen-bond acceptors (Lipinski definition) is 5. The van der Waals surface area contributed by atoms with E-state index < -0.39 is 0 Å². The topological polar surface area (TPSA) is 65.4 Å². The van der Waals surface area contributed by atoms with Crippen LogP contribution >= 0.6 is 11.3 Å². The molecule has 3 aromatic rings. The molecule has 3 rings (SSSR count). The highest BCUT2D eigenvalue weighted by molar-refractivity contribution is 7.14. The zero-order valence-electron chi connectivity index (χ0n) is 13.6. The Morgan fingerprint density at radius 2 is 2.00 bits per heavy atom. The largest absolute Gasteiger partial charge is 0.493 e. The van der Waals surface area contributed by atoms with Crippen LogP contribution in [-0.4, -0.2) is 29.7 Å². The van der Waals surface area contributed by atoms with E-state index in [2.05, 4.69) is 10.3 Å². The van der Waals surface area contributed by atoms with Gasteiger partial charge in [0.15, 0.2) is 11.5 Å². The van der Waals surface area contributed by atoms with Gasteiger partial charge in [-0.05, 0) is 31.2 Å². The van der Waals surface area contributed by atoms with Crippen LogP contribution in [0.1, 0.15) is 15.5 Å². The number of thiazole rings is 1. The van der Waals surface area contributed by atoms with Gasteiger partial charge in [-0.25, -0.2) is 4.98 Å². The third-order valence-electron chi connectivity index (χ3n) is 3.47. The molecule has 24 heavy (non-hydrogen) atoms. The molecule has 1 aromatic carbocycles. The van der Waals surface area contributed by atoms with Gasteiger partial charge in [-0.1, -0.05) is 0 Å². The van der Waals surface area contributed by atoms with Crippen molar-refractivity contribution < 1.29 is 14.3 Å². The molecule has 0 aliphatic heterocycles. The van der Waals surface area contributed by atoms with E-state index in [1.165, 1.54) is 11.3 Å². The van der Waals surface area contributed by atoms with Crippen molar-refractivity contribution in [2.24, 2.45) is 0 Å². The Kier molecular flexibility index (Phi) is 4.52. The molecule has 0 saturated heterocycles. The van der Waals surface area contributed by atoms with E-state index in [0.29, 0.717) is 22.9 Å². The lowest BCUT2D eigenvalue weighted by Gasteiger charge is -2.11. The summed E-state index contributed by atoms with van der Waals surface area (Å²) < 4.78 is 12.3. The van der Waals surface area contributed by atoms with Gasteiger partial charge in [0, 0.05) is 18.0 Å². The number of aryl methyl sites for hydroxylation is 1. The summed E-state index contributed by atoms with van der Waals surface area (Å²) in [4.78, 5) is 16.8. The van der Waals surface area contributed by atoms with Crippen molar-refractivity contribution in [3.8, 4) is 16.5 Å². The van der Waals surface area contributed by atoms with Crippen molar-refractivity contribution in [3.63, 3.8) is 0 Å². The quantitative estimate of drug-likeness (QED) is 0.770. The van der Waals surface area contributed by atoms with Crippen molar-refractivity contribution in [1.82, 2.24) is 9.55 Å². The molecule has 0 radical (unpaired) electrons. The molecular formula is C17H17N3O3S. The molecule has 2 aromatic heterocycles. The second-order valence-corrected chi connectivity index (χ2v) is 6.22. The van der Waals surface area contributed by atoms with E-state index >= 15 is 0 Å². The number of anilines is 1. The highest BCUT2D eigenvalue weighted by atomic mass is 32.1. The fourth-order valence-corrected chi connectivity index (χ4v) is 3.10. The van der Waals surface area contributed by atoms with E-state index in [1.807, 2.05) is 23.8 Å². The van der Waals surface area contributed by atoms with E-state index in [9.17, 15) is 4.79 Å². The molecule has 1 N–H and O–H groups in total. The smallest absolute Gasteiger partial charge is 0.272 e. The minimum atomic E-state index is -0.210. The van der Waals surface area contributed by atoms with Crippen molar-refractivity contribution in [1.29, 1.82) is 0 Å². The van der Waals surface area contributed by atoms with E-state index in [-0.39, 0.29) is 5.91 Å². The molecule has 124 valence electrons. The molecule has 0 saturated carbocycles. The number of hydrogen-bond donors (Lipinski definition) is 1. The fourth-order valence-electron chi connectivity index (χ4n) is 2.33. The van der Waals surface area contributed by atoms with E-state index in [1.54, 1.807) is 44.7 Å². The summed E-state index contributed by atoms with van der Waals surface area (Å²) in [5, 5.41) is 4.72. The summed E-state index contributed by atoms with van der Waals surface area (Å²) in [7, 11) is 3.13. The third kappa shape index (κ3) is 3.11. The van der Waals surface area contributed by atoms with Gasteiger partial charge in [0.25, 0.3) is 5.91 Å². The number of nitrogens with one attached hydrogen (secondary N) is 1. The molecule has 2 heterocycles. The highest BCUT2D eigenvalue weighted by Gasteiger charge is 2.14. The summed E-state index contributed by atoms with van der Waals surface area (Å²) >= 11 is 1.53. The van der Waals surface area contributed by atoms with Crippen LogP contribution in [0.15, 0.2) is 42.7 Å². The summed E-state index contributed by atoms with van der Waals surface area (Å²) in [6.45, 7) is 1.93.